The molecule has 0 aliphatic carbocycles. The van der Waals surface area contributed by atoms with Gasteiger partial charge in [-0.2, -0.15) is 0 Å². The van der Waals surface area contributed by atoms with Gasteiger partial charge in [-0.15, -0.1) is 5.10 Å². The maximum absolute atomic E-state index is 14.8. The Morgan fingerprint density at radius 1 is 1.33 bits per heavy atom. The number of carbonyl (C=O) groups excluding carboxylic acids is 1. The van der Waals surface area contributed by atoms with E-state index in [1.54, 1.807) is 38.8 Å². The van der Waals surface area contributed by atoms with Crippen LogP contribution in [0.3, 0.4) is 0 Å². The maximum atomic E-state index is 14.8. The quantitative estimate of drug-likeness (QED) is 0.650. The summed E-state index contributed by atoms with van der Waals surface area (Å²) in [5.74, 6) is -2.81. The van der Waals surface area contributed by atoms with Crippen LogP contribution in [0, 0.1) is 12.8 Å². The fraction of sp³-hybridized carbons (Fsp3) is 0.625. The first-order valence-corrected chi connectivity index (χ1v) is 11.9. The lowest BCUT2D eigenvalue weighted by molar-refractivity contribution is -0.116. The van der Waals surface area contributed by atoms with Crippen LogP contribution in [-0.2, 0) is 15.9 Å². The van der Waals surface area contributed by atoms with Gasteiger partial charge in [0, 0.05) is 31.5 Å². The van der Waals surface area contributed by atoms with Gasteiger partial charge in [-0.1, -0.05) is 0 Å². The van der Waals surface area contributed by atoms with E-state index in [4.69, 9.17) is 18.9 Å². The van der Waals surface area contributed by atoms with Gasteiger partial charge in [0.05, 0.1) is 37.1 Å². The number of methoxy groups -OCH3 is 1. The zero-order valence-corrected chi connectivity index (χ0v) is 21.3. The number of amides is 1. The number of hydrogen-bond donors (Lipinski definition) is 1. The lowest BCUT2D eigenvalue weighted by Crippen LogP contribution is -2.52. The molecule has 10 nitrogen and oxygen atoms in total. The number of carbonyl (C=O) groups is 1. The number of nitrogens with one attached hydrogen (secondary N) is 1. The molecule has 0 saturated carbocycles. The van der Waals surface area contributed by atoms with Crippen molar-refractivity contribution in [3.63, 3.8) is 0 Å². The zero-order valence-electron chi connectivity index (χ0n) is 21.3. The first-order valence-electron chi connectivity index (χ1n) is 11.9. The van der Waals surface area contributed by atoms with E-state index in [9.17, 15) is 13.6 Å². The van der Waals surface area contributed by atoms with E-state index < -0.39 is 30.0 Å². The topological polar surface area (TPSA) is 100.0 Å². The lowest BCUT2D eigenvalue weighted by Gasteiger charge is -2.38. The second-order valence-corrected chi connectivity index (χ2v) is 9.99. The number of fused-ring (bicyclic) bond motifs is 1. The molecule has 4 rings (SSSR count). The Labute approximate surface area is 208 Å². The van der Waals surface area contributed by atoms with Crippen molar-refractivity contribution in [1.29, 1.82) is 0 Å². The predicted molar refractivity (Wildman–Crippen MR) is 127 cm³/mol. The van der Waals surface area contributed by atoms with Gasteiger partial charge in [0.25, 0.3) is 5.92 Å². The molecule has 1 saturated heterocycles. The van der Waals surface area contributed by atoms with E-state index in [2.05, 4.69) is 15.4 Å². The first-order chi connectivity index (χ1) is 17.0. The number of rotatable bonds is 5. The SMILES string of the molecule is COc1ncc(-n2nc(OCC3CN(C(=O)OC(C)(C)C)CCC3(F)F)c3c2NCOCC3)cc1C. The summed E-state index contributed by atoms with van der Waals surface area (Å²) in [6.45, 7) is 7.22. The van der Waals surface area contributed by atoms with Crippen LogP contribution in [0.15, 0.2) is 12.3 Å². The number of likely N-dealkylation sites (tertiary alicyclic amines) is 1. The van der Waals surface area contributed by atoms with E-state index in [0.717, 1.165) is 11.1 Å². The summed E-state index contributed by atoms with van der Waals surface area (Å²) >= 11 is 0. The first kappa shape index (κ1) is 25.9. The normalized spacial score (nSPS) is 19.6. The number of pyridine rings is 1. The van der Waals surface area contributed by atoms with Crippen LogP contribution in [0.4, 0.5) is 19.4 Å². The highest BCUT2D eigenvalue weighted by molar-refractivity contribution is 5.68. The van der Waals surface area contributed by atoms with Crippen LogP contribution < -0.4 is 14.8 Å². The summed E-state index contributed by atoms with van der Waals surface area (Å²) in [7, 11) is 1.55. The Kier molecular flexibility index (Phi) is 7.26. The minimum Gasteiger partial charge on any atom is -0.481 e. The molecule has 0 bridgehead atoms. The molecule has 2 aliphatic heterocycles. The van der Waals surface area contributed by atoms with Gasteiger partial charge in [0.15, 0.2) is 0 Å². The molecule has 4 heterocycles. The Bertz CT molecular complexity index is 1100. The molecule has 0 spiro atoms. The third-order valence-electron chi connectivity index (χ3n) is 6.06. The molecule has 1 unspecified atom stereocenters. The predicted octanol–water partition coefficient (Wildman–Crippen LogP) is 3.80. The lowest BCUT2D eigenvalue weighted by atomic mass is 9.94. The maximum Gasteiger partial charge on any atom is 0.410 e. The molecule has 1 fully saturated rings. The minimum atomic E-state index is -2.99. The van der Waals surface area contributed by atoms with Gasteiger partial charge in [-0.3, -0.25) is 0 Å². The Balaban J connectivity index is 1.56. The molecule has 0 aromatic carbocycles. The van der Waals surface area contributed by atoms with Crippen molar-refractivity contribution in [2.45, 2.75) is 52.1 Å². The van der Waals surface area contributed by atoms with Gasteiger partial charge in [0.1, 0.15) is 24.8 Å². The summed E-state index contributed by atoms with van der Waals surface area (Å²) < 4.78 is 53.3. The molecular formula is C24H33F2N5O5. The highest BCUT2D eigenvalue weighted by Gasteiger charge is 2.46. The molecule has 1 N–H and O–H groups in total. The smallest absolute Gasteiger partial charge is 0.410 e. The number of anilines is 1. The van der Waals surface area contributed by atoms with E-state index in [0.29, 0.717) is 30.4 Å². The number of aryl methyl sites for hydroxylation is 1. The van der Waals surface area contributed by atoms with Gasteiger partial charge < -0.3 is 29.2 Å². The molecular weight excluding hydrogens is 476 g/mol. The number of ether oxygens (including phenoxy) is 4. The Morgan fingerprint density at radius 2 is 2.11 bits per heavy atom. The average Bonchev–Trinajstić information content (AvgIpc) is 2.96. The van der Waals surface area contributed by atoms with Crippen molar-refractivity contribution in [1.82, 2.24) is 19.7 Å². The summed E-state index contributed by atoms with van der Waals surface area (Å²) in [6.07, 6.45) is 1.04. The van der Waals surface area contributed by atoms with E-state index in [1.165, 1.54) is 4.90 Å². The number of alkyl halides is 2. The minimum absolute atomic E-state index is 0.0759. The number of piperidine rings is 1. The largest absolute Gasteiger partial charge is 0.481 e. The van der Waals surface area contributed by atoms with Gasteiger partial charge in [-0.05, 0) is 33.8 Å². The second kappa shape index (κ2) is 10.1. The van der Waals surface area contributed by atoms with Crippen LogP contribution in [-0.4, -0.2) is 77.4 Å². The van der Waals surface area contributed by atoms with Gasteiger partial charge in [0.2, 0.25) is 11.8 Å². The summed E-state index contributed by atoms with van der Waals surface area (Å²) in [5, 5.41) is 7.76. The van der Waals surface area contributed by atoms with Crippen LogP contribution in [0.2, 0.25) is 0 Å². The third kappa shape index (κ3) is 5.63. The summed E-state index contributed by atoms with van der Waals surface area (Å²) in [6, 6.07) is 1.87. The molecule has 12 heteroatoms. The summed E-state index contributed by atoms with van der Waals surface area (Å²) in [4.78, 5) is 18.1. The van der Waals surface area contributed by atoms with Gasteiger partial charge >= 0.3 is 6.09 Å². The monoisotopic (exact) mass is 509 g/mol. The van der Waals surface area contributed by atoms with Gasteiger partial charge in [-0.25, -0.2) is 23.2 Å². The number of halogens is 2. The number of nitrogens with zero attached hydrogens (tertiary/aromatic N) is 4. The molecule has 36 heavy (non-hydrogen) atoms. The molecule has 1 atom stereocenters. The molecule has 198 valence electrons. The standard InChI is InChI=1S/C24H33F2N5O5/c1-15-10-17(11-27-20(15)33-5)31-19-18(6-9-34-14-28-19)21(29-31)35-13-16-12-30(8-7-24(16,25)26)22(32)36-23(2,3)4/h10-11,16,28H,6-9,12-14H2,1-5H3. The molecule has 2 aromatic rings. The van der Waals surface area contributed by atoms with Crippen molar-refractivity contribution >= 4 is 11.9 Å². The van der Waals surface area contributed by atoms with Crippen molar-refractivity contribution in [2.24, 2.45) is 5.92 Å². The highest BCUT2D eigenvalue weighted by Crippen LogP contribution is 2.36. The van der Waals surface area contributed by atoms with Crippen LogP contribution in [0.5, 0.6) is 11.8 Å². The molecule has 2 aromatic heterocycles. The van der Waals surface area contributed by atoms with Crippen molar-refractivity contribution in [3.8, 4) is 17.4 Å². The van der Waals surface area contributed by atoms with Crippen LogP contribution >= 0.6 is 0 Å². The average molecular weight is 510 g/mol. The van der Waals surface area contributed by atoms with E-state index in [-0.39, 0.29) is 32.3 Å². The highest BCUT2D eigenvalue weighted by atomic mass is 19.3. The van der Waals surface area contributed by atoms with Crippen molar-refractivity contribution < 1.29 is 32.5 Å². The van der Waals surface area contributed by atoms with Crippen LogP contribution in [0.25, 0.3) is 5.69 Å². The van der Waals surface area contributed by atoms with Crippen LogP contribution in [0.1, 0.15) is 38.3 Å². The van der Waals surface area contributed by atoms with E-state index >= 15 is 0 Å². The Morgan fingerprint density at radius 3 is 2.81 bits per heavy atom. The number of aromatic nitrogens is 3. The fourth-order valence-electron chi connectivity index (χ4n) is 4.21. The molecule has 0 radical (unpaired) electrons. The number of hydrogen-bond acceptors (Lipinski definition) is 8. The second-order valence-electron chi connectivity index (χ2n) is 9.99. The Hall–Kier alpha value is -3.15. The summed E-state index contributed by atoms with van der Waals surface area (Å²) in [5.41, 5.74) is 1.49. The molecule has 2 aliphatic rings. The van der Waals surface area contributed by atoms with E-state index in [1.807, 2.05) is 13.0 Å². The third-order valence-corrected chi connectivity index (χ3v) is 6.06. The van der Waals surface area contributed by atoms with Crippen molar-refractivity contribution in [2.75, 3.05) is 45.5 Å². The fourth-order valence-corrected chi connectivity index (χ4v) is 4.21. The van der Waals surface area contributed by atoms with Crippen molar-refractivity contribution in [3.05, 3.63) is 23.4 Å². The zero-order chi connectivity index (χ0) is 26.1. The molecule has 1 amide bonds.